The van der Waals surface area contributed by atoms with Crippen molar-refractivity contribution < 1.29 is 9.59 Å². The molecule has 1 aliphatic rings. The van der Waals surface area contributed by atoms with Crippen molar-refractivity contribution >= 4 is 17.5 Å². The van der Waals surface area contributed by atoms with E-state index < -0.39 is 0 Å². The molecule has 120 valence electrons. The quantitative estimate of drug-likeness (QED) is 0.902. The number of rotatable bonds is 5. The highest BCUT2D eigenvalue weighted by atomic mass is 16.2. The van der Waals surface area contributed by atoms with E-state index in [1.165, 1.54) is 0 Å². The molecule has 0 saturated carbocycles. The molecule has 0 spiro atoms. The third-order valence-electron chi connectivity index (χ3n) is 4.06. The van der Waals surface area contributed by atoms with E-state index in [-0.39, 0.29) is 11.8 Å². The van der Waals surface area contributed by atoms with Gasteiger partial charge in [-0.25, -0.2) is 0 Å². The van der Waals surface area contributed by atoms with E-state index in [9.17, 15) is 9.59 Å². The standard InChI is InChI=1S/C17H25N3O2/c1-3-16(21)18-13-14-7-5-6-8-15(14)19-9-11-20(12-10-19)17(22)4-2/h5-8H,3-4,9-13H2,1-2H3,(H,18,21). The lowest BCUT2D eigenvalue weighted by Gasteiger charge is -2.37. The number of anilines is 1. The molecule has 1 aliphatic heterocycles. The van der Waals surface area contributed by atoms with Crippen LogP contribution in [0.2, 0.25) is 0 Å². The van der Waals surface area contributed by atoms with Crippen molar-refractivity contribution in [1.82, 2.24) is 10.2 Å². The number of benzene rings is 1. The van der Waals surface area contributed by atoms with Crippen molar-refractivity contribution in [1.29, 1.82) is 0 Å². The fourth-order valence-electron chi connectivity index (χ4n) is 2.71. The molecule has 1 saturated heterocycles. The van der Waals surface area contributed by atoms with Crippen LogP contribution in [0, 0.1) is 0 Å². The minimum absolute atomic E-state index is 0.0631. The van der Waals surface area contributed by atoms with Crippen molar-refractivity contribution in [3.63, 3.8) is 0 Å². The van der Waals surface area contributed by atoms with E-state index in [0.29, 0.717) is 19.4 Å². The van der Waals surface area contributed by atoms with Crippen LogP contribution in [0.3, 0.4) is 0 Å². The van der Waals surface area contributed by atoms with E-state index in [1.807, 2.05) is 30.9 Å². The molecule has 0 unspecified atom stereocenters. The van der Waals surface area contributed by atoms with Gasteiger partial charge in [0.1, 0.15) is 0 Å². The molecule has 2 rings (SSSR count). The molecule has 1 N–H and O–H groups in total. The number of piperazine rings is 1. The number of amides is 2. The van der Waals surface area contributed by atoms with E-state index in [1.54, 1.807) is 0 Å². The predicted molar refractivity (Wildman–Crippen MR) is 87.7 cm³/mol. The van der Waals surface area contributed by atoms with Gasteiger partial charge >= 0.3 is 0 Å². The number of nitrogens with zero attached hydrogens (tertiary/aromatic N) is 2. The Bertz CT molecular complexity index is 522. The van der Waals surface area contributed by atoms with Gasteiger partial charge < -0.3 is 15.1 Å². The Kier molecular flexibility index (Phi) is 5.81. The normalized spacial score (nSPS) is 14.8. The van der Waals surface area contributed by atoms with Gasteiger partial charge in [-0.3, -0.25) is 9.59 Å². The third kappa shape index (κ3) is 4.00. The van der Waals surface area contributed by atoms with Crippen LogP contribution in [-0.2, 0) is 16.1 Å². The average Bonchev–Trinajstić information content (AvgIpc) is 2.59. The fourth-order valence-corrected chi connectivity index (χ4v) is 2.71. The summed E-state index contributed by atoms with van der Waals surface area (Å²) in [6.45, 7) is 7.52. The molecule has 0 aliphatic carbocycles. The molecule has 5 heteroatoms. The van der Waals surface area contributed by atoms with Crippen LogP contribution in [-0.4, -0.2) is 42.9 Å². The summed E-state index contributed by atoms with van der Waals surface area (Å²) in [6.07, 6.45) is 1.07. The lowest BCUT2D eigenvalue weighted by atomic mass is 10.1. The maximum Gasteiger partial charge on any atom is 0.222 e. The summed E-state index contributed by atoms with van der Waals surface area (Å²) in [7, 11) is 0. The van der Waals surface area contributed by atoms with Crippen molar-refractivity contribution in [2.45, 2.75) is 33.2 Å². The average molecular weight is 303 g/mol. The Hall–Kier alpha value is -2.04. The molecule has 0 radical (unpaired) electrons. The molecule has 22 heavy (non-hydrogen) atoms. The Labute approximate surface area is 132 Å². The smallest absolute Gasteiger partial charge is 0.222 e. The van der Waals surface area contributed by atoms with Gasteiger partial charge in [0.15, 0.2) is 0 Å². The molecular formula is C17H25N3O2. The van der Waals surface area contributed by atoms with Gasteiger partial charge in [-0.15, -0.1) is 0 Å². The lowest BCUT2D eigenvalue weighted by Crippen LogP contribution is -2.49. The summed E-state index contributed by atoms with van der Waals surface area (Å²) < 4.78 is 0. The second-order valence-electron chi connectivity index (χ2n) is 5.48. The van der Waals surface area contributed by atoms with Crippen LogP contribution < -0.4 is 10.2 Å². The van der Waals surface area contributed by atoms with Crippen LogP contribution in [0.5, 0.6) is 0 Å². The van der Waals surface area contributed by atoms with E-state index in [4.69, 9.17) is 0 Å². The summed E-state index contributed by atoms with van der Waals surface area (Å²) in [5, 5.41) is 2.93. The maximum absolute atomic E-state index is 11.7. The molecule has 1 heterocycles. The number of hydrogen-bond donors (Lipinski definition) is 1. The minimum Gasteiger partial charge on any atom is -0.368 e. The molecule has 0 aromatic heterocycles. The SMILES string of the molecule is CCC(=O)NCc1ccccc1N1CCN(C(=O)CC)CC1. The highest BCUT2D eigenvalue weighted by Crippen LogP contribution is 2.22. The van der Waals surface area contributed by atoms with Gasteiger partial charge in [0.2, 0.25) is 11.8 Å². The van der Waals surface area contributed by atoms with E-state index in [0.717, 1.165) is 37.4 Å². The summed E-state index contributed by atoms with van der Waals surface area (Å²) in [5.74, 6) is 0.288. The van der Waals surface area contributed by atoms with Gasteiger partial charge in [0.25, 0.3) is 0 Å². The number of hydrogen-bond acceptors (Lipinski definition) is 3. The van der Waals surface area contributed by atoms with Gasteiger partial charge in [-0.1, -0.05) is 32.0 Å². The van der Waals surface area contributed by atoms with Crippen molar-refractivity contribution in [2.24, 2.45) is 0 Å². The molecule has 2 amide bonds. The molecule has 1 aromatic carbocycles. The van der Waals surface area contributed by atoms with Crippen LogP contribution in [0.25, 0.3) is 0 Å². The van der Waals surface area contributed by atoms with Crippen LogP contribution in [0.15, 0.2) is 24.3 Å². The fraction of sp³-hybridized carbons (Fsp3) is 0.529. The van der Waals surface area contributed by atoms with Gasteiger partial charge in [0.05, 0.1) is 0 Å². The van der Waals surface area contributed by atoms with Crippen LogP contribution >= 0.6 is 0 Å². The van der Waals surface area contributed by atoms with Gasteiger partial charge in [0, 0.05) is 51.3 Å². The molecule has 1 fully saturated rings. The lowest BCUT2D eigenvalue weighted by molar-refractivity contribution is -0.131. The zero-order valence-electron chi connectivity index (χ0n) is 13.5. The van der Waals surface area contributed by atoms with E-state index in [2.05, 4.69) is 22.3 Å². The molecule has 5 nitrogen and oxygen atoms in total. The first kappa shape index (κ1) is 16.3. The molecule has 1 aromatic rings. The Morgan fingerprint density at radius 1 is 1.05 bits per heavy atom. The summed E-state index contributed by atoms with van der Waals surface area (Å²) in [5.41, 5.74) is 2.28. The number of carbonyl (C=O) groups excluding carboxylic acids is 2. The van der Waals surface area contributed by atoms with Gasteiger partial charge in [-0.05, 0) is 11.6 Å². The topological polar surface area (TPSA) is 52.7 Å². The summed E-state index contributed by atoms with van der Waals surface area (Å²) in [4.78, 5) is 27.4. The Morgan fingerprint density at radius 3 is 2.36 bits per heavy atom. The second kappa shape index (κ2) is 7.82. The zero-order chi connectivity index (χ0) is 15.9. The first-order valence-electron chi connectivity index (χ1n) is 8.03. The monoisotopic (exact) mass is 303 g/mol. The predicted octanol–water partition coefficient (Wildman–Crippen LogP) is 1.77. The Balaban J connectivity index is 2.01. The number of nitrogens with one attached hydrogen (secondary N) is 1. The maximum atomic E-state index is 11.7. The highest BCUT2D eigenvalue weighted by Gasteiger charge is 2.21. The molecule has 0 atom stereocenters. The third-order valence-corrected chi connectivity index (χ3v) is 4.06. The number of carbonyl (C=O) groups is 2. The zero-order valence-corrected chi connectivity index (χ0v) is 13.5. The minimum atomic E-state index is 0.0631. The van der Waals surface area contributed by atoms with Crippen LogP contribution in [0.1, 0.15) is 32.3 Å². The largest absolute Gasteiger partial charge is 0.368 e. The Morgan fingerprint density at radius 2 is 1.73 bits per heavy atom. The first-order valence-corrected chi connectivity index (χ1v) is 8.03. The van der Waals surface area contributed by atoms with Gasteiger partial charge in [-0.2, -0.15) is 0 Å². The van der Waals surface area contributed by atoms with Crippen molar-refractivity contribution in [3.05, 3.63) is 29.8 Å². The van der Waals surface area contributed by atoms with Crippen LogP contribution in [0.4, 0.5) is 5.69 Å². The van der Waals surface area contributed by atoms with Crippen molar-refractivity contribution in [3.8, 4) is 0 Å². The highest BCUT2D eigenvalue weighted by molar-refractivity contribution is 5.76. The summed E-state index contributed by atoms with van der Waals surface area (Å²) in [6, 6.07) is 8.15. The number of para-hydroxylation sites is 1. The second-order valence-corrected chi connectivity index (χ2v) is 5.48. The van der Waals surface area contributed by atoms with E-state index >= 15 is 0 Å². The first-order chi connectivity index (χ1) is 10.7. The molecular weight excluding hydrogens is 278 g/mol. The summed E-state index contributed by atoms with van der Waals surface area (Å²) >= 11 is 0. The van der Waals surface area contributed by atoms with Crippen molar-refractivity contribution in [2.75, 3.05) is 31.1 Å². The molecule has 0 bridgehead atoms.